The second-order valence-corrected chi connectivity index (χ2v) is 6.29. The average molecular weight is 282 g/mol. The summed E-state index contributed by atoms with van der Waals surface area (Å²) in [5.41, 5.74) is 0. The second-order valence-electron chi connectivity index (χ2n) is 5.02. The molecule has 1 aromatic rings. The first-order valence-electron chi connectivity index (χ1n) is 6.94. The lowest BCUT2D eigenvalue weighted by Gasteiger charge is -2.20. The first-order chi connectivity index (χ1) is 9.17. The lowest BCUT2D eigenvalue weighted by molar-refractivity contribution is 0.219. The zero-order valence-electron chi connectivity index (χ0n) is 11.8. The van der Waals surface area contributed by atoms with Gasteiger partial charge in [-0.1, -0.05) is 31.0 Å². The van der Waals surface area contributed by atoms with Gasteiger partial charge in [0.1, 0.15) is 0 Å². The van der Waals surface area contributed by atoms with E-state index in [1.165, 1.54) is 32.1 Å². The number of hydrogen-bond acceptors (Lipinski definition) is 6. The number of hydrogen-bond donors (Lipinski definition) is 1. The van der Waals surface area contributed by atoms with Gasteiger partial charge in [-0.15, -0.1) is 0 Å². The van der Waals surface area contributed by atoms with Crippen LogP contribution in [-0.4, -0.2) is 33.4 Å². The van der Waals surface area contributed by atoms with E-state index in [1.54, 1.807) is 11.8 Å². The zero-order valence-corrected chi connectivity index (χ0v) is 12.7. The number of rotatable bonds is 5. The van der Waals surface area contributed by atoms with Crippen LogP contribution in [0.15, 0.2) is 5.16 Å². The molecule has 1 fully saturated rings. The van der Waals surface area contributed by atoms with Gasteiger partial charge < -0.3 is 10.1 Å². The third kappa shape index (κ3) is 4.53. The summed E-state index contributed by atoms with van der Waals surface area (Å²) in [6, 6.07) is 0.410. The van der Waals surface area contributed by atoms with Gasteiger partial charge in [0, 0.05) is 12.3 Å². The Labute approximate surface area is 119 Å². The first kappa shape index (κ1) is 14.4. The van der Waals surface area contributed by atoms with Crippen molar-refractivity contribution in [2.24, 2.45) is 0 Å². The molecule has 6 heteroatoms. The molecule has 1 aliphatic rings. The van der Waals surface area contributed by atoms with Crippen LogP contribution in [-0.2, 0) is 0 Å². The Morgan fingerprint density at radius 2 is 1.89 bits per heavy atom. The first-order valence-corrected chi connectivity index (χ1v) is 7.82. The highest BCUT2D eigenvalue weighted by Gasteiger charge is 2.17. The van der Waals surface area contributed by atoms with Gasteiger partial charge in [-0.3, -0.25) is 0 Å². The molecule has 1 aromatic heterocycles. The van der Waals surface area contributed by atoms with Crippen molar-refractivity contribution in [2.75, 3.05) is 12.4 Å². The fraction of sp³-hybridized carbons (Fsp3) is 0.769. The quantitative estimate of drug-likeness (QED) is 0.895. The molecule has 106 valence electrons. The number of thioether (sulfide) groups is 1. The molecule has 0 aromatic carbocycles. The maximum Gasteiger partial charge on any atom is 0.322 e. The zero-order chi connectivity index (χ0) is 13.7. The minimum Gasteiger partial charge on any atom is -0.461 e. The topological polar surface area (TPSA) is 59.9 Å². The SMILES string of the molecule is CNc1nc(OC(C)C)nc(SC2CCCCC2)n1. The molecule has 0 atom stereocenters. The van der Waals surface area contributed by atoms with Crippen molar-refractivity contribution in [3.63, 3.8) is 0 Å². The van der Waals surface area contributed by atoms with Crippen LogP contribution in [0.5, 0.6) is 6.01 Å². The largest absolute Gasteiger partial charge is 0.461 e. The van der Waals surface area contributed by atoms with Crippen LogP contribution < -0.4 is 10.1 Å². The molecular formula is C13H22N4OS. The monoisotopic (exact) mass is 282 g/mol. The van der Waals surface area contributed by atoms with Gasteiger partial charge in [0.25, 0.3) is 0 Å². The van der Waals surface area contributed by atoms with E-state index in [0.29, 0.717) is 17.2 Å². The smallest absolute Gasteiger partial charge is 0.322 e. The van der Waals surface area contributed by atoms with Gasteiger partial charge in [0.05, 0.1) is 6.10 Å². The highest BCUT2D eigenvalue weighted by atomic mass is 32.2. The van der Waals surface area contributed by atoms with E-state index in [9.17, 15) is 0 Å². The summed E-state index contributed by atoms with van der Waals surface area (Å²) in [5, 5.41) is 4.36. The van der Waals surface area contributed by atoms with Crippen LogP contribution in [0.4, 0.5) is 5.95 Å². The van der Waals surface area contributed by atoms with Gasteiger partial charge in [0.15, 0.2) is 5.16 Å². The summed E-state index contributed by atoms with van der Waals surface area (Å²) in [6.07, 6.45) is 6.57. The normalized spacial score (nSPS) is 16.6. The van der Waals surface area contributed by atoms with E-state index < -0.39 is 0 Å². The number of nitrogens with zero attached hydrogens (tertiary/aromatic N) is 3. The molecule has 0 bridgehead atoms. The van der Waals surface area contributed by atoms with E-state index in [1.807, 2.05) is 20.9 Å². The summed E-state index contributed by atoms with van der Waals surface area (Å²) < 4.78 is 5.57. The van der Waals surface area contributed by atoms with Crippen LogP contribution in [0, 0.1) is 0 Å². The van der Waals surface area contributed by atoms with Crippen molar-refractivity contribution >= 4 is 17.7 Å². The number of aromatic nitrogens is 3. The molecule has 5 nitrogen and oxygen atoms in total. The van der Waals surface area contributed by atoms with Gasteiger partial charge in [0.2, 0.25) is 5.95 Å². The highest BCUT2D eigenvalue weighted by Crippen LogP contribution is 2.32. The van der Waals surface area contributed by atoms with Crippen molar-refractivity contribution in [3.05, 3.63) is 0 Å². The van der Waals surface area contributed by atoms with Crippen LogP contribution >= 0.6 is 11.8 Å². The predicted octanol–water partition coefficient (Wildman–Crippen LogP) is 3.13. The van der Waals surface area contributed by atoms with Crippen LogP contribution in [0.25, 0.3) is 0 Å². The molecule has 0 radical (unpaired) electrons. The lowest BCUT2D eigenvalue weighted by Crippen LogP contribution is -2.13. The molecular weight excluding hydrogens is 260 g/mol. The molecule has 0 spiro atoms. The maximum atomic E-state index is 5.57. The Bertz CT molecular complexity index is 408. The molecule has 0 aliphatic heterocycles. The molecule has 1 heterocycles. The van der Waals surface area contributed by atoms with E-state index >= 15 is 0 Å². The summed E-state index contributed by atoms with van der Waals surface area (Å²) in [7, 11) is 1.81. The Hall–Kier alpha value is -1.04. The fourth-order valence-electron chi connectivity index (χ4n) is 2.10. The van der Waals surface area contributed by atoms with Crippen molar-refractivity contribution in [3.8, 4) is 6.01 Å². The number of ether oxygens (including phenoxy) is 1. The maximum absolute atomic E-state index is 5.57. The molecule has 2 rings (SSSR count). The standard InChI is InChI=1S/C13H22N4OS/c1-9(2)18-12-15-11(14-3)16-13(17-12)19-10-7-5-4-6-8-10/h9-10H,4-8H2,1-3H3,(H,14,15,16,17). The molecule has 0 amide bonds. The Balaban J connectivity index is 2.09. The summed E-state index contributed by atoms with van der Waals surface area (Å²) in [6.45, 7) is 3.94. The number of anilines is 1. The number of nitrogens with one attached hydrogen (secondary N) is 1. The van der Waals surface area contributed by atoms with Crippen LogP contribution in [0.3, 0.4) is 0 Å². The van der Waals surface area contributed by atoms with Crippen LogP contribution in [0.2, 0.25) is 0 Å². The lowest BCUT2D eigenvalue weighted by atomic mass is 10.0. The summed E-state index contributed by atoms with van der Waals surface area (Å²) in [4.78, 5) is 13.0. The second kappa shape index (κ2) is 6.93. The summed E-state index contributed by atoms with van der Waals surface area (Å²) >= 11 is 1.75. The van der Waals surface area contributed by atoms with Crippen molar-refractivity contribution in [1.29, 1.82) is 0 Å². The Morgan fingerprint density at radius 1 is 1.16 bits per heavy atom. The Kier molecular flexibility index (Phi) is 5.24. The third-order valence-corrected chi connectivity index (χ3v) is 4.18. The van der Waals surface area contributed by atoms with Crippen molar-refractivity contribution in [1.82, 2.24) is 15.0 Å². The third-order valence-electron chi connectivity index (χ3n) is 2.98. The van der Waals surface area contributed by atoms with Gasteiger partial charge in [-0.25, -0.2) is 0 Å². The molecule has 1 N–H and O–H groups in total. The minimum atomic E-state index is 0.0691. The van der Waals surface area contributed by atoms with Crippen molar-refractivity contribution < 1.29 is 4.74 Å². The summed E-state index contributed by atoms with van der Waals surface area (Å²) in [5.74, 6) is 0.573. The van der Waals surface area contributed by atoms with E-state index in [0.717, 1.165) is 5.16 Å². The molecule has 1 saturated carbocycles. The van der Waals surface area contributed by atoms with Crippen molar-refractivity contribution in [2.45, 2.75) is 62.5 Å². The van der Waals surface area contributed by atoms with E-state index in [-0.39, 0.29) is 6.10 Å². The van der Waals surface area contributed by atoms with E-state index in [4.69, 9.17) is 4.74 Å². The molecule has 1 aliphatic carbocycles. The van der Waals surface area contributed by atoms with Gasteiger partial charge >= 0.3 is 6.01 Å². The molecule has 0 unspecified atom stereocenters. The predicted molar refractivity (Wildman–Crippen MR) is 77.9 cm³/mol. The highest BCUT2D eigenvalue weighted by molar-refractivity contribution is 7.99. The Morgan fingerprint density at radius 3 is 2.53 bits per heavy atom. The average Bonchev–Trinajstić information content (AvgIpc) is 2.38. The fourth-order valence-corrected chi connectivity index (χ4v) is 3.24. The van der Waals surface area contributed by atoms with E-state index in [2.05, 4.69) is 20.3 Å². The van der Waals surface area contributed by atoms with Gasteiger partial charge in [-0.2, -0.15) is 15.0 Å². The molecule has 0 saturated heterocycles. The minimum absolute atomic E-state index is 0.0691. The van der Waals surface area contributed by atoms with Gasteiger partial charge in [-0.05, 0) is 26.7 Å². The van der Waals surface area contributed by atoms with Crippen LogP contribution in [0.1, 0.15) is 46.0 Å². The molecule has 19 heavy (non-hydrogen) atoms.